The van der Waals surface area contributed by atoms with Crippen molar-refractivity contribution in [3.63, 3.8) is 0 Å². The molecule has 0 aliphatic carbocycles. The summed E-state index contributed by atoms with van der Waals surface area (Å²) in [5.41, 5.74) is 0.0118. The summed E-state index contributed by atoms with van der Waals surface area (Å²) in [4.78, 5) is 21.6. The predicted octanol–water partition coefficient (Wildman–Crippen LogP) is 2.91. The van der Waals surface area contributed by atoms with Crippen LogP contribution in [-0.4, -0.2) is 47.6 Å². The summed E-state index contributed by atoms with van der Waals surface area (Å²) in [6.45, 7) is 5.57. The number of thioether (sulfide) groups is 2. The molecule has 26 heavy (non-hydrogen) atoms. The Kier molecular flexibility index (Phi) is 9.71. The molecule has 1 aromatic carbocycles. The van der Waals surface area contributed by atoms with Crippen LogP contribution in [0.1, 0.15) is 20.8 Å². The molecule has 2 N–H and O–H groups in total. The number of nitrogens with one attached hydrogen (secondary N) is 1. The van der Waals surface area contributed by atoms with Crippen LogP contribution in [0.2, 0.25) is 0 Å². The number of carbonyl (C=O) groups excluding carboxylic acids is 1. The molecule has 0 bridgehead atoms. The van der Waals surface area contributed by atoms with Crippen LogP contribution in [0, 0.1) is 0 Å². The molecule has 0 radical (unpaired) electrons. The first kappa shape index (κ1) is 23.5. The third kappa shape index (κ3) is 9.43. The van der Waals surface area contributed by atoms with Crippen molar-refractivity contribution in [3.8, 4) is 0 Å². The lowest BCUT2D eigenvalue weighted by molar-refractivity contribution is -0.116. The maximum Gasteiger partial charge on any atom is 0.337 e. The van der Waals surface area contributed by atoms with E-state index in [9.17, 15) is 22.7 Å². The Morgan fingerprint density at radius 1 is 1.23 bits per heavy atom. The Bertz CT molecular complexity index is 726. The van der Waals surface area contributed by atoms with E-state index >= 15 is 0 Å². The number of amides is 1. The van der Waals surface area contributed by atoms with Gasteiger partial charge < -0.3 is 9.42 Å². The average Bonchev–Trinajstić information content (AvgIpc) is 2.57. The Morgan fingerprint density at radius 3 is 2.42 bits per heavy atom. The Hall–Kier alpha value is -0.510. The van der Waals surface area contributed by atoms with Gasteiger partial charge in [0.2, 0.25) is 5.91 Å². The third-order valence-corrected chi connectivity index (χ3v) is 8.53. The summed E-state index contributed by atoms with van der Waals surface area (Å²) in [6, 6.07) is 7.61. The monoisotopic (exact) mass is 441 g/mol. The van der Waals surface area contributed by atoms with E-state index in [0.717, 1.165) is 11.8 Å². The molecule has 1 aromatic rings. The van der Waals surface area contributed by atoms with Gasteiger partial charge in [-0.3, -0.25) is 9.36 Å². The fourth-order valence-electron chi connectivity index (χ4n) is 1.61. The van der Waals surface area contributed by atoms with Crippen LogP contribution >= 0.6 is 31.1 Å². The van der Waals surface area contributed by atoms with Crippen LogP contribution in [0.4, 0.5) is 0 Å². The molecule has 0 aromatic heterocycles. The molecule has 1 rings (SSSR count). The minimum Gasteiger partial charge on any atom is -0.324 e. The summed E-state index contributed by atoms with van der Waals surface area (Å²) in [5.74, 6) is -0.763. The van der Waals surface area contributed by atoms with E-state index < -0.39 is 23.5 Å². The number of hydrogen-bond acceptors (Lipinski definition) is 7. The molecule has 0 heterocycles. The highest BCUT2D eigenvalue weighted by atomic mass is 32.2. The van der Waals surface area contributed by atoms with E-state index in [2.05, 4.69) is 0 Å². The summed E-state index contributed by atoms with van der Waals surface area (Å²) in [7, 11) is -7.56. The zero-order chi connectivity index (χ0) is 19.8. The number of hydrogen-bond donors (Lipinski definition) is 2. The minimum absolute atomic E-state index is 0.00415. The van der Waals surface area contributed by atoms with Crippen molar-refractivity contribution < 1.29 is 27.2 Å². The van der Waals surface area contributed by atoms with E-state index in [-0.39, 0.29) is 33.2 Å². The lowest BCUT2D eigenvalue weighted by Crippen LogP contribution is -2.32. The molecule has 0 saturated carbocycles. The maximum atomic E-state index is 12.0. The minimum atomic E-state index is -3.89. The zero-order valence-corrected chi connectivity index (χ0v) is 18.2. The van der Waals surface area contributed by atoms with Crippen molar-refractivity contribution in [2.75, 3.05) is 17.9 Å². The molecular weight excluding hydrogens is 417 g/mol. The van der Waals surface area contributed by atoms with Crippen LogP contribution < -0.4 is 4.72 Å². The van der Waals surface area contributed by atoms with Crippen LogP contribution in [0.15, 0.2) is 35.2 Å². The molecule has 0 aliphatic rings. The molecule has 2 atom stereocenters. The van der Waals surface area contributed by atoms with Gasteiger partial charge in [-0.25, -0.2) is 13.1 Å². The fraction of sp³-hybridized carbons (Fsp3) is 0.533. The fourth-order valence-corrected chi connectivity index (χ4v) is 6.18. The second-order valence-corrected chi connectivity index (χ2v) is 12.7. The summed E-state index contributed by atoms with van der Waals surface area (Å²) < 4.78 is 43.0. The standard InChI is InChI=1S/C15H24NO6PS3/c1-12(2)25-11-23(18,19)22-9-13(3)24-10-15(17)16-26(20,21)14-7-5-4-6-8-14/h4-8,12-13H,9-11H2,1-3H3,(H,16,17)(H,18,19). The third-order valence-electron chi connectivity index (χ3n) is 2.88. The van der Waals surface area contributed by atoms with Crippen LogP contribution in [0.3, 0.4) is 0 Å². The van der Waals surface area contributed by atoms with Gasteiger partial charge >= 0.3 is 7.60 Å². The molecule has 0 aliphatic heterocycles. The van der Waals surface area contributed by atoms with Crippen molar-refractivity contribution in [3.05, 3.63) is 30.3 Å². The molecule has 0 spiro atoms. The second-order valence-electron chi connectivity index (χ2n) is 5.74. The van der Waals surface area contributed by atoms with Crippen molar-refractivity contribution in [1.82, 2.24) is 4.72 Å². The highest BCUT2D eigenvalue weighted by Gasteiger charge is 2.22. The van der Waals surface area contributed by atoms with E-state index in [1.165, 1.54) is 23.9 Å². The number of carbonyl (C=O) groups is 1. The first-order valence-electron chi connectivity index (χ1n) is 7.82. The van der Waals surface area contributed by atoms with Gasteiger partial charge in [0.15, 0.2) is 0 Å². The van der Waals surface area contributed by atoms with Crippen LogP contribution in [0.5, 0.6) is 0 Å². The van der Waals surface area contributed by atoms with Gasteiger partial charge in [-0.1, -0.05) is 39.0 Å². The van der Waals surface area contributed by atoms with E-state index in [1.54, 1.807) is 25.1 Å². The summed E-state index contributed by atoms with van der Waals surface area (Å²) in [5, 5.41) is -0.0224. The Morgan fingerprint density at radius 2 is 1.85 bits per heavy atom. The van der Waals surface area contributed by atoms with E-state index in [4.69, 9.17) is 4.52 Å². The largest absolute Gasteiger partial charge is 0.337 e. The van der Waals surface area contributed by atoms with Crippen molar-refractivity contribution in [2.45, 2.75) is 36.2 Å². The van der Waals surface area contributed by atoms with Crippen LogP contribution in [0.25, 0.3) is 0 Å². The molecule has 11 heteroatoms. The topological polar surface area (TPSA) is 110 Å². The SMILES string of the molecule is CC(C)SCP(=O)(O)OCC(C)SCC(=O)NS(=O)(=O)c1ccccc1. The molecule has 0 fully saturated rings. The normalized spacial score (nSPS) is 15.4. The maximum absolute atomic E-state index is 12.0. The molecule has 7 nitrogen and oxygen atoms in total. The van der Waals surface area contributed by atoms with Gasteiger partial charge in [0.1, 0.15) is 0 Å². The van der Waals surface area contributed by atoms with Gasteiger partial charge in [0.05, 0.1) is 22.7 Å². The molecule has 1 amide bonds. The number of sulfonamides is 1. The first-order valence-corrected chi connectivity index (χ1v) is 13.2. The van der Waals surface area contributed by atoms with Crippen molar-refractivity contribution >= 4 is 47.1 Å². The van der Waals surface area contributed by atoms with Gasteiger partial charge in [0.25, 0.3) is 10.0 Å². The van der Waals surface area contributed by atoms with Gasteiger partial charge in [-0.05, 0) is 17.4 Å². The lowest BCUT2D eigenvalue weighted by Gasteiger charge is -2.16. The Labute approximate surface area is 163 Å². The highest BCUT2D eigenvalue weighted by Crippen LogP contribution is 2.46. The molecule has 2 unspecified atom stereocenters. The quantitative estimate of drug-likeness (QED) is 0.505. The zero-order valence-electron chi connectivity index (χ0n) is 14.8. The van der Waals surface area contributed by atoms with Gasteiger partial charge in [0, 0.05) is 5.25 Å². The lowest BCUT2D eigenvalue weighted by atomic mass is 10.4. The van der Waals surface area contributed by atoms with Crippen molar-refractivity contribution in [1.29, 1.82) is 0 Å². The molecule has 148 valence electrons. The molecule has 0 saturated heterocycles. The van der Waals surface area contributed by atoms with E-state index in [0.29, 0.717) is 0 Å². The second kappa shape index (κ2) is 10.7. The summed E-state index contributed by atoms with van der Waals surface area (Å²) in [6.07, 6.45) is 0. The van der Waals surface area contributed by atoms with Gasteiger partial charge in [-0.2, -0.15) is 0 Å². The van der Waals surface area contributed by atoms with Crippen molar-refractivity contribution in [2.24, 2.45) is 0 Å². The average molecular weight is 442 g/mol. The first-order chi connectivity index (χ1) is 12.0. The van der Waals surface area contributed by atoms with E-state index in [1.807, 2.05) is 18.6 Å². The predicted molar refractivity (Wildman–Crippen MR) is 107 cm³/mol. The smallest absolute Gasteiger partial charge is 0.324 e. The highest BCUT2D eigenvalue weighted by molar-refractivity contribution is 8.05. The van der Waals surface area contributed by atoms with Crippen LogP contribution in [-0.2, 0) is 23.9 Å². The number of rotatable bonds is 11. The number of benzene rings is 1. The van der Waals surface area contributed by atoms with Gasteiger partial charge in [-0.15, -0.1) is 23.5 Å². The Balaban J connectivity index is 2.39. The summed E-state index contributed by atoms with van der Waals surface area (Å²) >= 11 is 2.48. The molecular formula is C15H24NO6PS3.